The van der Waals surface area contributed by atoms with E-state index in [1.165, 1.54) is 11.3 Å². The van der Waals surface area contributed by atoms with Crippen molar-refractivity contribution in [1.29, 1.82) is 0 Å². The van der Waals surface area contributed by atoms with Crippen LogP contribution in [0.15, 0.2) is 46.9 Å². The van der Waals surface area contributed by atoms with E-state index in [4.69, 9.17) is 4.74 Å². The first-order valence-corrected chi connectivity index (χ1v) is 10.4. The van der Waals surface area contributed by atoms with Crippen molar-refractivity contribution in [3.05, 3.63) is 57.8 Å². The van der Waals surface area contributed by atoms with E-state index in [0.29, 0.717) is 10.4 Å². The molecular formula is C21H25N3O5S. The van der Waals surface area contributed by atoms with Crippen LogP contribution >= 0.6 is 11.3 Å². The van der Waals surface area contributed by atoms with Crippen molar-refractivity contribution in [3.63, 3.8) is 0 Å². The molecule has 0 radical (unpaired) electrons. The van der Waals surface area contributed by atoms with E-state index < -0.39 is 35.8 Å². The SMILES string of the molecule is CC(C)(C)OC(=O)NC(Cc1ccccc1)C(=O)NC1c2ccsc2/C(=N/O)C1O. The van der Waals surface area contributed by atoms with Gasteiger partial charge in [-0.25, -0.2) is 4.79 Å². The molecule has 0 fully saturated rings. The summed E-state index contributed by atoms with van der Waals surface area (Å²) in [4.78, 5) is 26.0. The van der Waals surface area contributed by atoms with Crippen LogP contribution in [0.5, 0.6) is 0 Å². The summed E-state index contributed by atoms with van der Waals surface area (Å²) in [7, 11) is 0. The van der Waals surface area contributed by atoms with Gasteiger partial charge in [0.1, 0.15) is 23.5 Å². The minimum absolute atomic E-state index is 0.116. The number of hydrogen-bond acceptors (Lipinski definition) is 7. The van der Waals surface area contributed by atoms with E-state index >= 15 is 0 Å². The fourth-order valence-electron chi connectivity index (χ4n) is 3.26. The summed E-state index contributed by atoms with van der Waals surface area (Å²) in [6.07, 6.45) is -1.65. The number of hydrogen-bond donors (Lipinski definition) is 4. The summed E-state index contributed by atoms with van der Waals surface area (Å²) in [6.45, 7) is 5.21. The van der Waals surface area contributed by atoms with Crippen molar-refractivity contribution in [2.45, 2.75) is 51.0 Å². The molecule has 0 saturated heterocycles. The number of alkyl carbamates (subject to hydrolysis) is 1. The first-order chi connectivity index (χ1) is 14.2. The molecule has 9 heteroatoms. The van der Waals surface area contributed by atoms with Gasteiger partial charge in [-0.05, 0) is 43.3 Å². The molecular weight excluding hydrogens is 406 g/mol. The van der Waals surface area contributed by atoms with Gasteiger partial charge in [-0.1, -0.05) is 35.5 Å². The predicted molar refractivity (Wildman–Crippen MR) is 113 cm³/mol. The summed E-state index contributed by atoms with van der Waals surface area (Å²) in [6, 6.07) is 9.34. The third-order valence-corrected chi connectivity index (χ3v) is 5.51. The lowest BCUT2D eigenvalue weighted by molar-refractivity contribution is -0.124. The number of benzene rings is 1. The molecule has 2 amide bonds. The molecule has 3 rings (SSSR count). The average Bonchev–Trinajstić information content (AvgIpc) is 3.22. The Balaban J connectivity index is 1.79. The van der Waals surface area contributed by atoms with Crippen LogP contribution in [0.3, 0.4) is 0 Å². The van der Waals surface area contributed by atoms with Gasteiger partial charge in [-0.15, -0.1) is 11.3 Å². The van der Waals surface area contributed by atoms with Crippen LogP contribution in [0.4, 0.5) is 4.79 Å². The number of carbonyl (C=O) groups is 2. The highest BCUT2D eigenvalue weighted by Gasteiger charge is 2.40. The van der Waals surface area contributed by atoms with Crippen LogP contribution in [0.1, 0.15) is 42.8 Å². The average molecular weight is 432 g/mol. The number of oxime groups is 1. The van der Waals surface area contributed by atoms with Crippen molar-refractivity contribution >= 4 is 29.0 Å². The maximum atomic E-state index is 13.1. The second kappa shape index (κ2) is 8.85. The fourth-order valence-corrected chi connectivity index (χ4v) is 4.22. The monoisotopic (exact) mass is 431 g/mol. The molecule has 2 aromatic rings. The Kier molecular flexibility index (Phi) is 6.42. The Morgan fingerprint density at radius 2 is 1.93 bits per heavy atom. The van der Waals surface area contributed by atoms with Crippen LogP contribution in [0.25, 0.3) is 0 Å². The normalized spacial score (nSPS) is 20.5. The van der Waals surface area contributed by atoms with Crippen LogP contribution in [-0.4, -0.2) is 45.8 Å². The lowest BCUT2D eigenvalue weighted by atomic mass is 10.0. The van der Waals surface area contributed by atoms with E-state index in [1.54, 1.807) is 32.2 Å². The lowest BCUT2D eigenvalue weighted by Gasteiger charge is -2.25. The Morgan fingerprint density at radius 1 is 1.23 bits per heavy atom. The highest BCUT2D eigenvalue weighted by molar-refractivity contribution is 7.12. The third kappa shape index (κ3) is 4.98. The van der Waals surface area contributed by atoms with Gasteiger partial charge in [-0.2, -0.15) is 0 Å². The van der Waals surface area contributed by atoms with Crippen LogP contribution in [0, 0.1) is 0 Å². The van der Waals surface area contributed by atoms with Crippen molar-refractivity contribution in [1.82, 2.24) is 10.6 Å². The number of amides is 2. The molecule has 1 aromatic heterocycles. The quantitative estimate of drug-likeness (QED) is 0.428. The number of aliphatic hydroxyl groups excluding tert-OH is 1. The van der Waals surface area contributed by atoms with Gasteiger partial charge in [0.25, 0.3) is 0 Å². The maximum Gasteiger partial charge on any atom is 0.408 e. The maximum absolute atomic E-state index is 13.1. The van der Waals surface area contributed by atoms with Crippen molar-refractivity contribution in [3.8, 4) is 0 Å². The topological polar surface area (TPSA) is 120 Å². The Hall–Kier alpha value is -2.91. The number of nitrogens with one attached hydrogen (secondary N) is 2. The molecule has 160 valence electrons. The molecule has 1 aromatic carbocycles. The Morgan fingerprint density at radius 3 is 2.57 bits per heavy atom. The number of ether oxygens (including phenoxy) is 1. The molecule has 4 N–H and O–H groups in total. The molecule has 0 aliphatic heterocycles. The third-order valence-electron chi connectivity index (χ3n) is 4.55. The number of fused-ring (bicyclic) bond motifs is 1. The predicted octanol–water partition coefficient (Wildman–Crippen LogP) is 2.59. The molecule has 1 heterocycles. The smallest absolute Gasteiger partial charge is 0.408 e. The zero-order chi connectivity index (χ0) is 21.9. The Bertz CT molecular complexity index is 936. The first kappa shape index (κ1) is 21.8. The van der Waals surface area contributed by atoms with Gasteiger partial charge in [0.05, 0.1) is 10.9 Å². The Labute approximate surface area is 178 Å². The van der Waals surface area contributed by atoms with Crippen LogP contribution in [-0.2, 0) is 16.0 Å². The number of rotatable bonds is 5. The molecule has 0 spiro atoms. The van der Waals surface area contributed by atoms with Gasteiger partial charge < -0.3 is 25.7 Å². The highest BCUT2D eigenvalue weighted by Crippen LogP contribution is 2.35. The van der Waals surface area contributed by atoms with Gasteiger partial charge in [0.2, 0.25) is 5.91 Å². The minimum atomic E-state index is -1.18. The van der Waals surface area contributed by atoms with E-state index in [9.17, 15) is 19.9 Å². The van der Waals surface area contributed by atoms with Gasteiger partial charge in [-0.3, -0.25) is 4.79 Å². The molecule has 3 unspecified atom stereocenters. The van der Waals surface area contributed by atoms with E-state index in [2.05, 4.69) is 15.8 Å². The standard InChI is InChI=1S/C21H25N3O5S/c1-21(2,3)29-20(27)22-14(11-12-7-5-4-6-8-12)19(26)23-15-13-9-10-30-18(13)16(24-28)17(15)25/h4-10,14-15,17,25,28H,11H2,1-3H3,(H,22,27)(H,23,26)/b24-16+. The van der Waals surface area contributed by atoms with Gasteiger partial charge in [0, 0.05) is 6.42 Å². The molecule has 0 saturated carbocycles. The summed E-state index contributed by atoms with van der Waals surface area (Å²) >= 11 is 1.32. The van der Waals surface area contributed by atoms with E-state index in [0.717, 1.165) is 5.56 Å². The zero-order valence-electron chi connectivity index (χ0n) is 17.0. The number of thiophene rings is 1. The second-order valence-electron chi connectivity index (χ2n) is 8.01. The molecule has 1 aliphatic rings. The molecule has 3 atom stereocenters. The van der Waals surface area contributed by atoms with Crippen LogP contribution in [0.2, 0.25) is 0 Å². The number of nitrogens with zero attached hydrogens (tertiary/aromatic N) is 1. The molecule has 30 heavy (non-hydrogen) atoms. The summed E-state index contributed by atoms with van der Waals surface area (Å²) in [5.74, 6) is -0.481. The fraction of sp³-hybridized carbons (Fsp3) is 0.381. The largest absolute Gasteiger partial charge is 0.444 e. The van der Waals surface area contributed by atoms with E-state index in [1.807, 2.05) is 30.3 Å². The van der Waals surface area contributed by atoms with E-state index in [-0.39, 0.29) is 12.1 Å². The minimum Gasteiger partial charge on any atom is -0.444 e. The zero-order valence-corrected chi connectivity index (χ0v) is 17.8. The summed E-state index contributed by atoms with van der Waals surface area (Å²) in [5.41, 5.74) is 0.932. The highest BCUT2D eigenvalue weighted by atomic mass is 32.1. The summed E-state index contributed by atoms with van der Waals surface area (Å²) < 4.78 is 5.30. The first-order valence-electron chi connectivity index (χ1n) is 9.51. The van der Waals surface area contributed by atoms with Crippen LogP contribution < -0.4 is 10.6 Å². The van der Waals surface area contributed by atoms with Gasteiger partial charge in [0.15, 0.2) is 0 Å². The number of aliphatic hydroxyl groups is 1. The van der Waals surface area contributed by atoms with Crippen molar-refractivity contribution < 1.29 is 24.6 Å². The molecule has 0 bridgehead atoms. The second-order valence-corrected chi connectivity index (χ2v) is 8.93. The van der Waals surface area contributed by atoms with Gasteiger partial charge >= 0.3 is 6.09 Å². The van der Waals surface area contributed by atoms with Crippen molar-refractivity contribution in [2.24, 2.45) is 5.16 Å². The summed E-state index contributed by atoms with van der Waals surface area (Å²) in [5, 5.41) is 30.1. The molecule has 8 nitrogen and oxygen atoms in total. The number of carbonyl (C=O) groups excluding carboxylic acids is 2. The van der Waals surface area contributed by atoms with Crippen molar-refractivity contribution in [2.75, 3.05) is 0 Å². The lowest BCUT2D eigenvalue weighted by Crippen LogP contribution is -2.51. The molecule has 1 aliphatic carbocycles.